The molecular formula is C17H30O4. The standard InChI is InChI=1S/C17H30O4/c1-5-7-8-9-10-11-13-16(12-6-2)17(20-14(3)18)21-15(4)19/h13,17H,5-12H2,1-4H3/b16-13+. The van der Waals surface area contributed by atoms with E-state index in [1.54, 1.807) is 0 Å². The van der Waals surface area contributed by atoms with Gasteiger partial charge in [-0.2, -0.15) is 0 Å². The van der Waals surface area contributed by atoms with Crippen molar-refractivity contribution in [2.45, 2.75) is 85.4 Å². The van der Waals surface area contributed by atoms with Gasteiger partial charge in [-0.15, -0.1) is 0 Å². The number of unbranched alkanes of at least 4 members (excludes halogenated alkanes) is 5. The van der Waals surface area contributed by atoms with E-state index < -0.39 is 18.2 Å². The summed E-state index contributed by atoms with van der Waals surface area (Å²) in [6.45, 7) is 6.89. The van der Waals surface area contributed by atoms with Gasteiger partial charge in [0, 0.05) is 19.4 Å². The van der Waals surface area contributed by atoms with E-state index in [0.717, 1.165) is 31.3 Å². The molecule has 21 heavy (non-hydrogen) atoms. The average Bonchev–Trinajstić information content (AvgIpc) is 2.39. The Labute approximate surface area is 128 Å². The van der Waals surface area contributed by atoms with Crippen LogP contribution < -0.4 is 0 Å². The second-order valence-electron chi connectivity index (χ2n) is 5.28. The molecule has 0 bridgehead atoms. The van der Waals surface area contributed by atoms with E-state index in [1.165, 1.54) is 39.5 Å². The molecule has 0 fully saturated rings. The smallest absolute Gasteiger partial charge is 0.305 e. The third-order valence-electron chi connectivity index (χ3n) is 3.10. The maximum Gasteiger partial charge on any atom is 0.305 e. The quantitative estimate of drug-likeness (QED) is 0.243. The van der Waals surface area contributed by atoms with E-state index in [0.29, 0.717) is 0 Å². The summed E-state index contributed by atoms with van der Waals surface area (Å²) in [5.74, 6) is -0.877. The summed E-state index contributed by atoms with van der Waals surface area (Å²) in [6.07, 6.45) is 9.88. The number of allylic oxidation sites excluding steroid dienone is 1. The average molecular weight is 298 g/mol. The summed E-state index contributed by atoms with van der Waals surface area (Å²) in [4.78, 5) is 22.3. The minimum Gasteiger partial charge on any atom is -0.421 e. The van der Waals surface area contributed by atoms with Crippen LogP contribution in [0.3, 0.4) is 0 Å². The Balaban J connectivity index is 4.54. The van der Waals surface area contributed by atoms with Crippen molar-refractivity contribution in [1.82, 2.24) is 0 Å². The molecule has 0 aromatic rings. The minimum absolute atomic E-state index is 0.439. The predicted molar refractivity (Wildman–Crippen MR) is 83.7 cm³/mol. The summed E-state index contributed by atoms with van der Waals surface area (Å²) >= 11 is 0. The molecule has 0 aliphatic carbocycles. The molecule has 0 aliphatic heterocycles. The van der Waals surface area contributed by atoms with Crippen LogP contribution >= 0.6 is 0 Å². The van der Waals surface area contributed by atoms with Gasteiger partial charge in [0.05, 0.1) is 0 Å². The van der Waals surface area contributed by atoms with Crippen molar-refractivity contribution < 1.29 is 19.1 Å². The Bertz CT molecular complexity index is 318. The van der Waals surface area contributed by atoms with E-state index in [-0.39, 0.29) is 0 Å². The van der Waals surface area contributed by atoms with Crippen LogP contribution in [0.5, 0.6) is 0 Å². The summed E-state index contributed by atoms with van der Waals surface area (Å²) in [5.41, 5.74) is 0.887. The first-order chi connectivity index (χ1) is 10.0. The van der Waals surface area contributed by atoms with Crippen LogP contribution in [0.2, 0.25) is 0 Å². The summed E-state index contributed by atoms with van der Waals surface area (Å²) in [6, 6.07) is 0. The number of hydrogen-bond donors (Lipinski definition) is 0. The van der Waals surface area contributed by atoms with Gasteiger partial charge in [-0.1, -0.05) is 52.0 Å². The van der Waals surface area contributed by atoms with Gasteiger partial charge in [-0.25, -0.2) is 0 Å². The molecule has 0 aliphatic rings. The molecule has 4 heteroatoms. The molecule has 0 atom stereocenters. The first kappa shape index (κ1) is 19.7. The maximum atomic E-state index is 11.2. The SMILES string of the molecule is CCCCCCC/C=C(\CCC)C(OC(C)=O)OC(C)=O. The monoisotopic (exact) mass is 298 g/mol. The van der Waals surface area contributed by atoms with Gasteiger partial charge >= 0.3 is 11.9 Å². The van der Waals surface area contributed by atoms with Gasteiger partial charge in [0.2, 0.25) is 0 Å². The van der Waals surface area contributed by atoms with Gasteiger partial charge in [0.15, 0.2) is 0 Å². The highest BCUT2D eigenvalue weighted by Gasteiger charge is 2.19. The maximum absolute atomic E-state index is 11.2. The van der Waals surface area contributed by atoms with E-state index in [4.69, 9.17) is 9.47 Å². The van der Waals surface area contributed by atoms with Crippen LogP contribution in [0, 0.1) is 0 Å². The number of carbonyl (C=O) groups is 2. The number of carbonyl (C=O) groups excluding carboxylic acids is 2. The third-order valence-corrected chi connectivity index (χ3v) is 3.10. The second kappa shape index (κ2) is 12.4. The second-order valence-corrected chi connectivity index (χ2v) is 5.28. The largest absolute Gasteiger partial charge is 0.421 e. The highest BCUT2D eigenvalue weighted by Crippen LogP contribution is 2.18. The molecule has 0 aromatic carbocycles. The van der Waals surface area contributed by atoms with Crippen molar-refractivity contribution in [3.8, 4) is 0 Å². The van der Waals surface area contributed by atoms with Gasteiger partial charge < -0.3 is 9.47 Å². The highest BCUT2D eigenvalue weighted by molar-refractivity contribution is 5.68. The van der Waals surface area contributed by atoms with Gasteiger partial charge in [-0.05, 0) is 19.3 Å². The number of esters is 2. The molecule has 0 N–H and O–H groups in total. The Kier molecular flexibility index (Phi) is 11.6. The first-order valence-corrected chi connectivity index (χ1v) is 8.04. The fraction of sp³-hybridized carbons (Fsp3) is 0.765. The van der Waals surface area contributed by atoms with E-state index in [9.17, 15) is 9.59 Å². The Hall–Kier alpha value is -1.32. The molecule has 0 saturated heterocycles. The van der Waals surface area contributed by atoms with Crippen molar-refractivity contribution in [1.29, 1.82) is 0 Å². The molecule has 122 valence electrons. The summed E-state index contributed by atoms with van der Waals surface area (Å²) in [7, 11) is 0. The van der Waals surface area contributed by atoms with E-state index in [1.807, 2.05) is 6.92 Å². The number of hydrogen-bond acceptors (Lipinski definition) is 4. The molecule has 0 amide bonds. The first-order valence-electron chi connectivity index (χ1n) is 8.04. The molecule has 0 saturated carbocycles. The predicted octanol–water partition coefficient (Wildman–Crippen LogP) is 4.53. The molecule has 0 unspecified atom stereocenters. The Morgan fingerprint density at radius 2 is 1.48 bits per heavy atom. The lowest BCUT2D eigenvalue weighted by atomic mass is 10.1. The lowest BCUT2D eigenvalue weighted by Crippen LogP contribution is -2.24. The van der Waals surface area contributed by atoms with Crippen molar-refractivity contribution in [3.05, 3.63) is 11.6 Å². The zero-order valence-corrected chi connectivity index (χ0v) is 13.9. The van der Waals surface area contributed by atoms with E-state index in [2.05, 4.69) is 13.0 Å². The highest BCUT2D eigenvalue weighted by atomic mass is 16.7. The van der Waals surface area contributed by atoms with Crippen LogP contribution in [-0.4, -0.2) is 18.2 Å². The zero-order valence-electron chi connectivity index (χ0n) is 13.9. The lowest BCUT2D eigenvalue weighted by Gasteiger charge is -2.19. The van der Waals surface area contributed by atoms with Gasteiger partial charge in [0.1, 0.15) is 0 Å². The number of ether oxygens (including phenoxy) is 2. The molecular weight excluding hydrogens is 268 g/mol. The van der Waals surface area contributed by atoms with Crippen molar-refractivity contribution in [2.24, 2.45) is 0 Å². The minimum atomic E-state index is -0.865. The molecule has 0 radical (unpaired) electrons. The van der Waals surface area contributed by atoms with Crippen molar-refractivity contribution in [2.75, 3.05) is 0 Å². The van der Waals surface area contributed by atoms with Crippen LogP contribution in [-0.2, 0) is 19.1 Å². The van der Waals surface area contributed by atoms with E-state index >= 15 is 0 Å². The van der Waals surface area contributed by atoms with Crippen LogP contribution in [0.15, 0.2) is 11.6 Å². The fourth-order valence-electron chi connectivity index (χ4n) is 2.12. The Morgan fingerprint density at radius 3 is 1.95 bits per heavy atom. The topological polar surface area (TPSA) is 52.6 Å². The molecule has 0 aromatic heterocycles. The van der Waals surface area contributed by atoms with Crippen molar-refractivity contribution >= 4 is 11.9 Å². The van der Waals surface area contributed by atoms with Crippen LogP contribution in [0.25, 0.3) is 0 Å². The molecule has 0 heterocycles. The molecule has 0 rings (SSSR count). The summed E-state index contributed by atoms with van der Waals surface area (Å²) < 4.78 is 10.2. The van der Waals surface area contributed by atoms with Crippen LogP contribution in [0.1, 0.15) is 79.1 Å². The number of rotatable bonds is 11. The molecule has 4 nitrogen and oxygen atoms in total. The Morgan fingerprint density at radius 1 is 0.905 bits per heavy atom. The van der Waals surface area contributed by atoms with Gasteiger partial charge in [0.25, 0.3) is 6.29 Å². The normalized spacial score (nSPS) is 11.6. The fourth-order valence-corrected chi connectivity index (χ4v) is 2.12. The zero-order chi connectivity index (χ0) is 16.1. The van der Waals surface area contributed by atoms with Gasteiger partial charge in [-0.3, -0.25) is 9.59 Å². The lowest BCUT2D eigenvalue weighted by molar-refractivity contribution is -0.178. The molecule has 0 spiro atoms. The third kappa shape index (κ3) is 11.1. The van der Waals surface area contributed by atoms with Crippen molar-refractivity contribution in [3.63, 3.8) is 0 Å². The van der Waals surface area contributed by atoms with Crippen LogP contribution in [0.4, 0.5) is 0 Å². The summed E-state index contributed by atoms with van der Waals surface area (Å²) in [5, 5.41) is 0.